The summed E-state index contributed by atoms with van der Waals surface area (Å²) in [6.07, 6.45) is 8.79. The van der Waals surface area contributed by atoms with E-state index >= 15 is 0 Å². The fourth-order valence-corrected chi connectivity index (χ4v) is 4.66. The van der Waals surface area contributed by atoms with Crippen LogP contribution in [0.5, 0.6) is 0 Å². The largest absolute Gasteiger partial charge is 0.444 e. The zero-order valence-corrected chi connectivity index (χ0v) is 15.2. The van der Waals surface area contributed by atoms with E-state index < -0.39 is 10.0 Å². The summed E-state index contributed by atoms with van der Waals surface area (Å²) in [5, 5.41) is 4.47. The number of anilines is 1. The molecule has 1 saturated carbocycles. The van der Waals surface area contributed by atoms with Crippen LogP contribution in [0.2, 0.25) is 0 Å². The number of H-pyrrole nitrogens is 1. The van der Waals surface area contributed by atoms with Gasteiger partial charge in [0.05, 0.1) is 23.2 Å². The zero-order chi connectivity index (χ0) is 18.1. The van der Waals surface area contributed by atoms with Gasteiger partial charge < -0.3 is 14.7 Å². The molecule has 3 heterocycles. The number of pyridine rings is 1. The summed E-state index contributed by atoms with van der Waals surface area (Å²) in [5.41, 5.74) is 2.47. The van der Waals surface area contributed by atoms with Crippen LogP contribution in [-0.4, -0.2) is 41.2 Å². The van der Waals surface area contributed by atoms with Crippen molar-refractivity contribution in [1.29, 1.82) is 0 Å². The van der Waals surface area contributed by atoms with E-state index in [2.05, 4.69) is 25.0 Å². The van der Waals surface area contributed by atoms with Crippen molar-refractivity contribution in [2.45, 2.75) is 38.3 Å². The zero-order valence-electron chi connectivity index (χ0n) is 14.4. The van der Waals surface area contributed by atoms with Crippen LogP contribution in [0.1, 0.15) is 26.2 Å². The van der Waals surface area contributed by atoms with Crippen molar-refractivity contribution in [3.05, 3.63) is 30.9 Å². The number of hydrogen-bond acceptors (Lipinski definition) is 6. The number of nitrogens with zero attached hydrogens (tertiary/aromatic N) is 2. The SMILES string of the molecule is CCCS(=O)(=O)N[C@H]1C[C@@H](Nc2c(-c3ncco3)cnc3[nH]ccc23)C1. The number of fused-ring (bicyclic) bond motifs is 1. The Kier molecular flexibility index (Phi) is 4.41. The number of aromatic amines is 1. The van der Waals surface area contributed by atoms with E-state index in [0.29, 0.717) is 12.3 Å². The van der Waals surface area contributed by atoms with E-state index in [9.17, 15) is 8.42 Å². The first-order valence-electron chi connectivity index (χ1n) is 8.68. The van der Waals surface area contributed by atoms with Gasteiger partial charge in [-0.05, 0) is 25.3 Å². The molecule has 26 heavy (non-hydrogen) atoms. The molecule has 0 bridgehead atoms. The Hall–Kier alpha value is -2.39. The highest BCUT2D eigenvalue weighted by molar-refractivity contribution is 7.89. The topological polar surface area (TPSA) is 113 Å². The Balaban J connectivity index is 1.52. The predicted octanol–water partition coefficient (Wildman–Crippen LogP) is 2.49. The average molecular weight is 375 g/mol. The third-order valence-electron chi connectivity index (χ3n) is 4.55. The Morgan fingerprint density at radius 1 is 1.31 bits per heavy atom. The van der Waals surface area contributed by atoms with Crippen LogP contribution >= 0.6 is 0 Å². The highest BCUT2D eigenvalue weighted by atomic mass is 32.2. The molecule has 1 aliphatic carbocycles. The third-order valence-corrected chi connectivity index (χ3v) is 6.19. The highest BCUT2D eigenvalue weighted by Crippen LogP contribution is 2.35. The maximum absolute atomic E-state index is 11.9. The predicted molar refractivity (Wildman–Crippen MR) is 99.2 cm³/mol. The molecule has 0 spiro atoms. The molecule has 0 aromatic carbocycles. The van der Waals surface area contributed by atoms with Crippen LogP contribution < -0.4 is 10.0 Å². The molecule has 8 nitrogen and oxygen atoms in total. The van der Waals surface area contributed by atoms with Gasteiger partial charge in [-0.2, -0.15) is 0 Å². The van der Waals surface area contributed by atoms with Crippen molar-refractivity contribution in [3.8, 4) is 11.5 Å². The minimum absolute atomic E-state index is 0.0159. The molecular formula is C17H21N5O3S. The molecule has 4 rings (SSSR count). The van der Waals surface area contributed by atoms with Gasteiger partial charge in [0, 0.05) is 29.9 Å². The quantitative estimate of drug-likeness (QED) is 0.585. The van der Waals surface area contributed by atoms with Crippen molar-refractivity contribution in [3.63, 3.8) is 0 Å². The molecule has 0 saturated heterocycles. The van der Waals surface area contributed by atoms with Crippen LogP contribution in [0.3, 0.4) is 0 Å². The summed E-state index contributed by atoms with van der Waals surface area (Å²) < 4.78 is 32.0. The minimum atomic E-state index is -3.18. The number of nitrogens with one attached hydrogen (secondary N) is 3. The Labute approximate surface area is 151 Å². The molecule has 0 radical (unpaired) electrons. The number of hydrogen-bond donors (Lipinski definition) is 3. The van der Waals surface area contributed by atoms with Gasteiger partial charge in [0.1, 0.15) is 11.9 Å². The third kappa shape index (κ3) is 3.32. The molecule has 3 aromatic rings. The van der Waals surface area contributed by atoms with Crippen molar-refractivity contribution in [2.24, 2.45) is 0 Å². The summed E-state index contributed by atoms with van der Waals surface area (Å²) in [6, 6.07) is 2.12. The van der Waals surface area contributed by atoms with Crippen molar-refractivity contribution < 1.29 is 12.8 Å². The average Bonchev–Trinajstić information content (AvgIpc) is 3.24. The lowest BCUT2D eigenvalue weighted by Crippen LogP contribution is -2.50. The summed E-state index contributed by atoms with van der Waals surface area (Å²) in [5.74, 6) is 0.673. The van der Waals surface area contributed by atoms with E-state index in [1.165, 1.54) is 6.26 Å². The maximum atomic E-state index is 11.9. The van der Waals surface area contributed by atoms with Gasteiger partial charge in [0.15, 0.2) is 0 Å². The molecular weight excluding hydrogens is 354 g/mol. The standard InChI is InChI=1S/C17H21N5O3S/c1-2-7-26(23,24)22-12-8-11(9-12)21-15-13-3-4-18-16(13)20-10-14(15)17-19-5-6-25-17/h3-6,10-12,22H,2,7-9H2,1H3,(H2,18,20,21)/t11-,12+. The monoisotopic (exact) mass is 375 g/mol. The van der Waals surface area contributed by atoms with E-state index in [1.54, 1.807) is 12.4 Å². The summed E-state index contributed by atoms with van der Waals surface area (Å²) >= 11 is 0. The first kappa shape index (κ1) is 17.0. The van der Waals surface area contributed by atoms with Crippen LogP contribution in [0.25, 0.3) is 22.5 Å². The molecule has 0 unspecified atom stereocenters. The maximum Gasteiger partial charge on any atom is 0.229 e. The number of oxazole rings is 1. The van der Waals surface area contributed by atoms with Gasteiger partial charge in [0.25, 0.3) is 0 Å². The van der Waals surface area contributed by atoms with E-state index in [1.807, 2.05) is 19.2 Å². The first-order valence-corrected chi connectivity index (χ1v) is 10.3. The van der Waals surface area contributed by atoms with E-state index in [-0.39, 0.29) is 17.8 Å². The molecule has 9 heteroatoms. The second-order valence-electron chi connectivity index (χ2n) is 6.57. The van der Waals surface area contributed by atoms with Crippen LogP contribution in [0.4, 0.5) is 5.69 Å². The molecule has 3 N–H and O–H groups in total. The second kappa shape index (κ2) is 6.73. The van der Waals surface area contributed by atoms with Crippen LogP contribution in [0.15, 0.2) is 35.3 Å². The fourth-order valence-electron chi connectivity index (χ4n) is 3.30. The van der Waals surface area contributed by atoms with Gasteiger partial charge in [-0.25, -0.2) is 23.1 Å². The molecule has 0 amide bonds. The first-order chi connectivity index (χ1) is 12.6. The Bertz CT molecular complexity index is 991. The molecule has 1 aliphatic rings. The second-order valence-corrected chi connectivity index (χ2v) is 8.44. The number of sulfonamides is 1. The normalized spacial score (nSPS) is 20.2. The number of aromatic nitrogens is 3. The van der Waals surface area contributed by atoms with E-state index in [4.69, 9.17) is 4.42 Å². The van der Waals surface area contributed by atoms with Crippen LogP contribution in [-0.2, 0) is 10.0 Å². The lowest BCUT2D eigenvalue weighted by molar-refractivity contribution is 0.346. The molecule has 0 atom stereocenters. The summed E-state index contributed by atoms with van der Waals surface area (Å²) in [4.78, 5) is 11.7. The van der Waals surface area contributed by atoms with Gasteiger partial charge in [-0.1, -0.05) is 6.92 Å². The van der Waals surface area contributed by atoms with Crippen molar-refractivity contribution in [2.75, 3.05) is 11.1 Å². The smallest absolute Gasteiger partial charge is 0.229 e. The van der Waals surface area contributed by atoms with Crippen molar-refractivity contribution in [1.82, 2.24) is 19.7 Å². The summed E-state index contributed by atoms with van der Waals surface area (Å²) in [6.45, 7) is 1.86. The van der Waals surface area contributed by atoms with E-state index in [0.717, 1.165) is 35.1 Å². The number of rotatable bonds is 7. The van der Waals surface area contributed by atoms with Crippen molar-refractivity contribution >= 4 is 26.7 Å². The Morgan fingerprint density at radius 3 is 2.88 bits per heavy atom. The molecule has 3 aromatic heterocycles. The highest BCUT2D eigenvalue weighted by Gasteiger charge is 2.33. The summed E-state index contributed by atoms with van der Waals surface area (Å²) in [7, 11) is -3.18. The van der Waals surface area contributed by atoms with Gasteiger partial charge >= 0.3 is 0 Å². The van der Waals surface area contributed by atoms with Gasteiger partial charge in [-0.3, -0.25) is 0 Å². The molecule has 1 fully saturated rings. The van der Waals surface area contributed by atoms with Crippen LogP contribution in [0, 0.1) is 0 Å². The Morgan fingerprint density at radius 2 is 2.15 bits per heavy atom. The lowest BCUT2D eigenvalue weighted by Gasteiger charge is -2.37. The van der Waals surface area contributed by atoms with Gasteiger partial charge in [-0.15, -0.1) is 0 Å². The fraction of sp³-hybridized carbons (Fsp3) is 0.412. The molecule has 0 aliphatic heterocycles. The molecule has 138 valence electrons. The van der Waals surface area contributed by atoms with Gasteiger partial charge in [0.2, 0.25) is 15.9 Å². The minimum Gasteiger partial charge on any atom is -0.444 e. The lowest BCUT2D eigenvalue weighted by atomic mass is 9.87.